The minimum absolute atomic E-state index is 0.249. The van der Waals surface area contributed by atoms with Crippen molar-refractivity contribution >= 4 is 29.0 Å². The summed E-state index contributed by atoms with van der Waals surface area (Å²) in [7, 11) is 0. The molecule has 0 radical (unpaired) electrons. The van der Waals surface area contributed by atoms with E-state index in [1.54, 1.807) is 13.8 Å². The second kappa shape index (κ2) is 8.91. The van der Waals surface area contributed by atoms with Crippen LogP contribution in [0.3, 0.4) is 0 Å². The number of nitriles is 1. The number of benzene rings is 1. The molecule has 0 bridgehead atoms. The van der Waals surface area contributed by atoms with E-state index in [1.165, 1.54) is 28.7 Å². The maximum absolute atomic E-state index is 12.3. The predicted octanol–water partition coefficient (Wildman–Crippen LogP) is 3.35. The van der Waals surface area contributed by atoms with Gasteiger partial charge in [-0.2, -0.15) is 5.26 Å². The number of carbonyl (C=O) groups excluding carboxylic acids is 1. The van der Waals surface area contributed by atoms with E-state index in [9.17, 15) is 10.1 Å². The molecule has 3 rings (SSSR count). The summed E-state index contributed by atoms with van der Waals surface area (Å²) >= 11 is 2.63. The monoisotopic (exact) mass is 410 g/mol. The standard InChI is InChI=1S/C19H18N6OS2/c1-11-4-6-14(7-5-11)9-21-17(26)19-25-24-16(28-19)10-27-18-15(8-20)12(2)22-13(3)23-18/h4-7H,9-10H2,1-3H3,(H,21,26). The second-order valence-electron chi connectivity index (χ2n) is 6.11. The van der Waals surface area contributed by atoms with Gasteiger partial charge < -0.3 is 5.32 Å². The SMILES string of the molecule is Cc1ccc(CNC(=O)c2nnc(CSc3nc(C)nc(C)c3C#N)s2)cc1. The van der Waals surface area contributed by atoms with E-state index >= 15 is 0 Å². The molecule has 0 spiro atoms. The predicted molar refractivity (Wildman–Crippen MR) is 108 cm³/mol. The number of hydrogen-bond acceptors (Lipinski definition) is 8. The molecule has 0 saturated heterocycles. The van der Waals surface area contributed by atoms with Crippen molar-refractivity contribution in [3.8, 4) is 6.07 Å². The number of thioether (sulfide) groups is 1. The molecule has 28 heavy (non-hydrogen) atoms. The van der Waals surface area contributed by atoms with Gasteiger partial charge in [0.15, 0.2) is 0 Å². The molecule has 0 saturated carbocycles. The van der Waals surface area contributed by atoms with Crippen LogP contribution in [0.2, 0.25) is 0 Å². The minimum atomic E-state index is -0.249. The number of amides is 1. The molecule has 7 nitrogen and oxygen atoms in total. The highest BCUT2D eigenvalue weighted by atomic mass is 32.2. The first-order valence-electron chi connectivity index (χ1n) is 8.50. The average Bonchev–Trinajstić information content (AvgIpc) is 3.14. The Kier molecular flexibility index (Phi) is 6.34. The molecule has 1 aromatic carbocycles. The number of aryl methyl sites for hydroxylation is 3. The fraction of sp³-hybridized carbons (Fsp3) is 0.263. The lowest BCUT2D eigenvalue weighted by Crippen LogP contribution is -2.22. The van der Waals surface area contributed by atoms with Gasteiger partial charge in [0.1, 0.15) is 27.5 Å². The van der Waals surface area contributed by atoms with Crippen LogP contribution in [0.5, 0.6) is 0 Å². The maximum Gasteiger partial charge on any atom is 0.282 e. The highest BCUT2D eigenvalue weighted by Gasteiger charge is 2.15. The zero-order valence-corrected chi connectivity index (χ0v) is 17.3. The fourth-order valence-electron chi connectivity index (χ4n) is 2.41. The average molecular weight is 411 g/mol. The Morgan fingerprint density at radius 3 is 2.64 bits per heavy atom. The third-order valence-electron chi connectivity index (χ3n) is 3.85. The Morgan fingerprint density at radius 2 is 1.93 bits per heavy atom. The maximum atomic E-state index is 12.3. The molecule has 0 unspecified atom stereocenters. The van der Waals surface area contributed by atoms with Crippen LogP contribution >= 0.6 is 23.1 Å². The molecule has 3 aromatic rings. The normalized spacial score (nSPS) is 10.5. The minimum Gasteiger partial charge on any atom is -0.346 e. The summed E-state index contributed by atoms with van der Waals surface area (Å²) < 4.78 is 0. The van der Waals surface area contributed by atoms with E-state index in [4.69, 9.17) is 0 Å². The van der Waals surface area contributed by atoms with Gasteiger partial charge in [0.2, 0.25) is 5.01 Å². The van der Waals surface area contributed by atoms with Crippen LogP contribution in [-0.2, 0) is 12.3 Å². The number of nitrogens with one attached hydrogen (secondary N) is 1. The van der Waals surface area contributed by atoms with Crippen LogP contribution in [0.15, 0.2) is 29.3 Å². The summed E-state index contributed by atoms with van der Waals surface area (Å²) in [6.45, 7) is 6.04. The largest absolute Gasteiger partial charge is 0.346 e. The van der Waals surface area contributed by atoms with E-state index in [0.29, 0.717) is 44.4 Å². The van der Waals surface area contributed by atoms with Crippen LogP contribution in [0.25, 0.3) is 0 Å². The number of nitrogens with zero attached hydrogens (tertiary/aromatic N) is 5. The van der Waals surface area contributed by atoms with E-state index in [0.717, 1.165) is 5.56 Å². The lowest BCUT2D eigenvalue weighted by molar-refractivity contribution is 0.0950. The molecule has 0 atom stereocenters. The number of rotatable bonds is 6. The van der Waals surface area contributed by atoms with Gasteiger partial charge in [-0.05, 0) is 26.3 Å². The van der Waals surface area contributed by atoms with Crippen molar-refractivity contribution in [3.63, 3.8) is 0 Å². The van der Waals surface area contributed by atoms with Gasteiger partial charge in [-0.15, -0.1) is 10.2 Å². The van der Waals surface area contributed by atoms with Crippen LogP contribution in [0.4, 0.5) is 0 Å². The smallest absolute Gasteiger partial charge is 0.282 e. The van der Waals surface area contributed by atoms with Gasteiger partial charge in [0, 0.05) is 6.54 Å². The van der Waals surface area contributed by atoms with Crippen molar-refractivity contribution in [1.29, 1.82) is 5.26 Å². The van der Waals surface area contributed by atoms with Gasteiger partial charge in [-0.25, -0.2) is 9.97 Å². The molecular weight excluding hydrogens is 392 g/mol. The van der Waals surface area contributed by atoms with Crippen molar-refractivity contribution in [3.05, 3.63) is 62.5 Å². The van der Waals surface area contributed by atoms with Gasteiger partial charge in [0.25, 0.3) is 5.91 Å². The van der Waals surface area contributed by atoms with E-state index < -0.39 is 0 Å². The van der Waals surface area contributed by atoms with Crippen molar-refractivity contribution in [2.45, 2.75) is 38.1 Å². The molecule has 2 heterocycles. The molecule has 1 amide bonds. The van der Waals surface area contributed by atoms with Crippen LogP contribution in [-0.4, -0.2) is 26.1 Å². The van der Waals surface area contributed by atoms with Crippen molar-refractivity contribution < 1.29 is 4.79 Å². The quantitative estimate of drug-likeness (QED) is 0.491. The zero-order chi connectivity index (χ0) is 20.1. The van der Waals surface area contributed by atoms with Crippen molar-refractivity contribution in [2.24, 2.45) is 0 Å². The highest BCUT2D eigenvalue weighted by Crippen LogP contribution is 2.26. The number of carbonyl (C=O) groups is 1. The Balaban J connectivity index is 1.60. The Bertz CT molecular complexity index is 1040. The molecule has 9 heteroatoms. The Labute approximate surface area is 171 Å². The topological polar surface area (TPSA) is 104 Å². The molecule has 0 fully saturated rings. The first-order valence-corrected chi connectivity index (χ1v) is 10.3. The number of aromatic nitrogens is 4. The van der Waals surface area contributed by atoms with E-state index in [1.807, 2.05) is 31.2 Å². The van der Waals surface area contributed by atoms with Gasteiger partial charge in [-0.3, -0.25) is 4.79 Å². The lowest BCUT2D eigenvalue weighted by atomic mass is 10.1. The molecule has 2 aromatic heterocycles. The first-order chi connectivity index (χ1) is 13.5. The summed E-state index contributed by atoms with van der Waals surface area (Å²) in [6.07, 6.45) is 0. The summed E-state index contributed by atoms with van der Waals surface area (Å²) in [4.78, 5) is 20.8. The molecular formula is C19H18N6OS2. The molecule has 0 aliphatic rings. The van der Waals surface area contributed by atoms with Crippen LogP contribution < -0.4 is 5.32 Å². The summed E-state index contributed by atoms with van der Waals surface area (Å²) in [6, 6.07) is 10.1. The van der Waals surface area contributed by atoms with Crippen molar-refractivity contribution in [2.75, 3.05) is 0 Å². The van der Waals surface area contributed by atoms with Crippen LogP contribution in [0.1, 0.15) is 43.0 Å². The molecule has 0 aliphatic carbocycles. The van der Waals surface area contributed by atoms with Gasteiger partial charge in [-0.1, -0.05) is 52.9 Å². The van der Waals surface area contributed by atoms with E-state index in [-0.39, 0.29) is 5.91 Å². The third-order valence-corrected chi connectivity index (χ3v) is 5.94. The Morgan fingerprint density at radius 1 is 1.18 bits per heavy atom. The van der Waals surface area contributed by atoms with Crippen molar-refractivity contribution in [1.82, 2.24) is 25.5 Å². The second-order valence-corrected chi connectivity index (χ2v) is 8.13. The third kappa shape index (κ3) is 4.91. The van der Waals surface area contributed by atoms with Gasteiger partial charge >= 0.3 is 0 Å². The molecule has 142 valence electrons. The zero-order valence-electron chi connectivity index (χ0n) is 15.7. The van der Waals surface area contributed by atoms with E-state index in [2.05, 4.69) is 31.6 Å². The summed E-state index contributed by atoms with van der Waals surface area (Å²) in [5.41, 5.74) is 3.33. The molecule has 0 aliphatic heterocycles. The first kappa shape index (κ1) is 19.9. The molecule has 1 N–H and O–H groups in total. The summed E-state index contributed by atoms with van der Waals surface area (Å²) in [5, 5.41) is 21.9. The summed E-state index contributed by atoms with van der Waals surface area (Å²) in [5.74, 6) is 0.848. The van der Waals surface area contributed by atoms with Gasteiger partial charge in [0.05, 0.1) is 11.4 Å². The number of hydrogen-bond donors (Lipinski definition) is 1. The van der Waals surface area contributed by atoms with Crippen LogP contribution in [0, 0.1) is 32.1 Å². The fourth-order valence-corrected chi connectivity index (χ4v) is 4.23. The Hall–Kier alpha value is -2.83. The highest BCUT2D eigenvalue weighted by molar-refractivity contribution is 7.98. The lowest BCUT2D eigenvalue weighted by Gasteiger charge is -2.05.